The van der Waals surface area contributed by atoms with E-state index in [9.17, 15) is 22.8 Å². The quantitative estimate of drug-likeness (QED) is 0.493. The van der Waals surface area contributed by atoms with Gasteiger partial charge in [0.25, 0.3) is 11.8 Å². The monoisotopic (exact) mass is 549 g/mol. The van der Waals surface area contributed by atoms with Crippen molar-refractivity contribution in [1.29, 1.82) is 0 Å². The standard InChI is InChI=1S/C30H30F3N5O2/c31-30(32,33)25-7-13-35-18-24(25)27(39)36-26-4-3-20-1-2-21(17-23(20)26)28(40)38-16-10-29(19-38)8-14-37(15-9-29)22-5-11-34-12-6-22/h1-2,5-7,11-13,17-18,26H,3-4,8-10,14-16,19H2,(H,36,39)/t26-/m1/s1. The van der Waals surface area contributed by atoms with Crippen molar-refractivity contribution in [3.8, 4) is 0 Å². The van der Waals surface area contributed by atoms with Crippen LogP contribution in [0.4, 0.5) is 18.9 Å². The first-order valence-electron chi connectivity index (χ1n) is 13.6. The number of benzene rings is 1. The summed E-state index contributed by atoms with van der Waals surface area (Å²) in [7, 11) is 0. The van der Waals surface area contributed by atoms with Crippen molar-refractivity contribution in [2.75, 3.05) is 31.1 Å². The third-order valence-corrected chi connectivity index (χ3v) is 8.72. The summed E-state index contributed by atoms with van der Waals surface area (Å²) in [4.78, 5) is 38.5. The summed E-state index contributed by atoms with van der Waals surface area (Å²) in [6.07, 6.45) is 5.16. The van der Waals surface area contributed by atoms with E-state index < -0.39 is 29.3 Å². The molecule has 2 fully saturated rings. The lowest BCUT2D eigenvalue weighted by molar-refractivity contribution is -0.138. The number of amides is 2. The molecule has 10 heteroatoms. The van der Waals surface area contributed by atoms with Gasteiger partial charge in [-0.25, -0.2) is 0 Å². The Labute approximate surface area is 230 Å². The number of pyridine rings is 2. The number of carbonyl (C=O) groups excluding carboxylic acids is 2. The molecule has 0 unspecified atom stereocenters. The molecule has 1 atom stereocenters. The van der Waals surface area contributed by atoms with Crippen molar-refractivity contribution in [2.24, 2.45) is 5.41 Å². The third kappa shape index (κ3) is 5.02. The number of fused-ring (bicyclic) bond motifs is 1. The molecule has 2 aliphatic heterocycles. The van der Waals surface area contributed by atoms with Crippen molar-refractivity contribution in [1.82, 2.24) is 20.2 Å². The first kappa shape index (κ1) is 26.3. The molecule has 2 amide bonds. The number of hydrogen-bond acceptors (Lipinski definition) is 5. The molecule has 2 aromatic heterocycles. The summed E-state index contributed by atoms with van der Waals surface area (Å²) in [5, 5.41) is 2.75. The molecule has 1 N–H and O–H groups in total. The molecule has 0 radical (unpaired) electrons. The SMILES string of the molecule is O=C(N[C@@H]1CCc2ccc(C(=O)N3CCC4(CCN(c5ccncc5)CC4)C3)cc21)c1cnccc1C(F)(F)F. The molecule has 2 saturated heterocycles. The number of alkyl halides is 3. The van der Waals surface area contributed by atoms with Crippen molar-refractivity contribution >= 4 is 17.5 Å². The van der Waals surface area contributed by atoms with Crippen LogP contribution in [0.15, 0.2) is 61.2 Å². The molecule has 1 spiro atoms. The molecule has 0 saturated carbocycles. The zero-order chi connectivity index (χ0) is 27.9. The Hall–Kier alpha value is -3.95. The van der Waals surface area contributed by atoms with Gasteiger partial charge in [0, 0.05) is 62.2 Å². The average molecular weight is 550 g/mol. The second kappa shape index (κ2) is 10.2. The molecule has 3 aromatic rings. The average Bonchev–Trinajstić information content (AvgIpc) is 3.57. The summed E-state index contributed by atoms with van der Waals surface area (Å²) < 4.78 is 40.3. The molecule has 40 heavy (non-hydrogen) atoms. The zero-order valence-electron chi connectivity index (χ0n) is 22.0. The topological polar surface area (TPSA) is 78.4 Å². The fourth-order valence-electron chi connectivity index (χ4n) is 6.44. The molecule has 3 aliphatic rings. The van der Waals surface area contributed by atoms with Crippen LogP contribution in [0.5, 0.6) is 0 Å². The van der Waals surface area contributed by atoms with E-state index in [0.29, 0.717) is 31.5 Å². The van der Waals surface area contributed by atoms with Crippen LogP contribution in [0.2, 0.25) is 0 Å². The first-order valence-corrected chi connectivity index (χ1v) is 13.6. The van der Waals surface area contributed by atoms with E-state index in [1.54, 1.807) is 18.5 Å². The minimum absolute atomic E-state index is 0.0418. The van der Waals surface area contributed by atoms with Crippen LogP contribution in [-0.4, -0.2) is 52.9 Å². The van der Waals surface area contributed by atoms with E-state index >= 15 is 0 Å². The minimum atomic E-state index is -4.66. The molecule has 208 valence electrons. The second-order valence-electron chi connectivity index (χ2n) is 11.1. The van der Waals surface area contributed by atoms with Crippen LogP contribution >= 0.6 is 0 Å². The van der Waals surface area contributed by atoms with Gasteiger partial charge in [-0.15, -0.1) is 0 Å². The van der Waals surface area contributed by atoms with E-state index in [4.69, 9.17) is 0 Å². The lowest BCUT2D eigenvalue weighted by Crippen LogP contribution is -2.42. The van der Waals surface area contributed by atoms with Gasteiger partial charge in [-0.2, -0.15) is 13.2 Å². The Morgan fingerprint density at radius 3 is 2.42 bits per heavy atom. The van der Waals surface area contributed by atoms with Gasteiger partial charge in [0.15, 0.2) is 0 Å². The predicted molar refractivity (Wildman–Crippen MR) is 143 cm³/mol. The second-order valence-corrected chi connectivity index (χ2v) is 11.1. The minimum Gasteiger partial charge on any atom is -0.371 e. The number of rotatable bonds is 4. The van der Waals surface area contributed by atoms with Crippen LogP contribution in [0.3, 0.4) is 0 Å². The smallest absolute Gasteiger partial charge is 0.371 e. The van der Waals surface area contributed by atoms with E-state index in [-0.39, 0.29) is 11.3 Å². The molecule has 1 aliphatic carbocycles. The molecule has 6 rings (SSSR count). The normalized spacial score (nSPS) is 20.0. The number of aromatic nitrogens is 2. The maximum absolute atomic E-state index is 13.6. The van der Waals surface area contributed by atoms with Crippen LogP contribution < -0.4 is 10.2 Å². The Bertz CT molecular complexity index is 1420. The number of piperidine rings is 1. The Balaban J connectivity index is 1.13. The summed E-state index contributed by atoms with van der Waals surface area (Å²) in [6.45, 7) is 3.31. The van der Waals surface area contributed by atoms with E-state index in [1.807, 2.05) is 29.2 Å². The summed E-state index contributed by atoms with van der Waals surface area (Å²) >= 11 is 0. The third-order valence-electron chi connectivity index (χ3n) is 8.72. The molecule has 7 nitrogen and oxygen atoms in total. The van der Waals surface area contributed by atoms with Gasteiger partial charge in [0.1, 0.15) is 0 Å². The predicted octanol–water partition coefficient (Wildman–Crippen LogP) is 5.05. The van der Waals surface area contributed by atoms with Gasteiger partial charge in [0.05, 0.1) is 17.2 Å². The van der Waals surface area contributed by atoms with Gasteiger partial charge in [-0.05, 0) is 79.0 Å². The molecule has 0 bridgehead atoms. The number of likely N-dealkylation sites (tertiary alicyclic amines) is 1. The summed E-state index contributed by atoms with van der Waals surface area (Å²) in [5.74, 6) is -0.866. The molecular weight excluding hydrogens is 519 g/mol. The number of nitrogens with zero attached hydrogens (tertiary/aromatic N) is 4. The van der Waals surface area contributed by atoms with E-state index in [1.165, 1.54) is 5.69 Å². The largest absolute Gasteiger partial charge is 0.417 e. The highest BCUT2D eigenvalue weighted by atomic mass is 19.4. The van der Waals surface area contributed by atoms with E-state index in [2.05, 4.69) is 20.2 Å². The number of nitrogens with one attached hydrogen (secondary N) is 1. The number of hydrogen-bond donors (Lipinski definition) is 1. The highest BCUT2D eigenvalue weighted by Crippen LogP contribution is 2.42. The van der Waals surface area contributed by atoms with Crippen molar-refractivity contribution in [3.63, 3.8) is 0 Å². The van der Waals surface area contributed by atoms with Gasteiger partial charge < -0.3 is 15.1 Å². The first-order chi connectivity index (χ1) is 19.2. The lowest BCUT2D eigenvalue weighted by Gasteiger charge is -2.40. The van der Waals surface area contributed by atoms with Gasteiger partial charge >= 0.3 is 6.18 Å². The van der Waals surface area contributed by atoms with Crippen molar-refractivity contribution in [2.45, 2.75) is 44.3 Å². The number of carbonyl (C=O) groups is 2. The maximum Gasteiger partial charge on any atom is 0.417 e. The van der Waals surface area contributed by atoms with Crippen LogP contribution in [0, 0.1) is 5.41 Å². The van der Waals surface area contributed by atoms with Crippen LogP contribution in [0.25, 0.3) is 0 Å². The molecule has 4 heterocycles. The van der Waals surface area contributed by atoms with Gasteiger partial charge in [0.2, 0.25) is 0 Å². The fourth-order valence-corrected chi connectivity index (χ4v) is 6.44. The number of anilines is 1. The van der Waals surface area contributed by atoms with Crippen LogP contribution in [-0.2, 0) is 12.6 Å². The highest BCUT2D eigenvalue weighted by molar-refractivity contribution is 5.96. The highest BCUT2D eigenvalue weighted by Gasteiger charge is 2.42. The van der Waals surface area contributed by atoms with Gasteiger partial charge in [-0.3, -0.25) is 19.6 Å². The van der Waals surface area contributed by atoms with Crippen LogP contribution in [0.1, 0.15) is 69.1 Å². The maximum atomic E-state index is 13.6. The lowest BCUT2D eigenvalue weighted by atomic mass is 9.77. The number of halogens is 3. The van der Waals surface area contributed by atoms with Crippen molar-refractivity contribution < 1.29 is 22.8 Å². The molecular formula is C30H30F3N5O2. The zero-order valence-corrected chi connectivity index (χ0v) is 22.0. The summed E-state index contributed by atoms with van der Waals surface area (Å²) in [5.41, 5.74) is 2.09. The Morgan fingerprint density at radius 1 is 0.950 bits per heavy atom. The summed E-state index contributed by atoms with van der Waals surface area (Å²) in [6, 6.07) is 9.92. The Morgan fingerprint density at radius 2 is 1.68 bits per heavy atom. The van der Waals surface area contributed by atoms with Gasteiger partial charge in [-0.1, -0.05) is 6.07 Å². The van der Waals surface area contributed by atoms with Crippen molar-refractivity contribution in [3.05, 3.63) is 89.0 Å². The van der Waals surface area contributed by atoms with E-state index in [0.717, 1.165) is 61.9 Å². The molecule has 1 aromatic carbocycles. The number of aryl methyl sites for hydroxylation is 1. The Kier molecular flexibility index (Phi) is 6.72. The fraction of sp³-hybridized carbons (Fsp3) is 0.400.